The summed E-state index contributed by atoms with van der Waals surface area (Å²) in [7, 11) is 0. The zero-order valence-electron chi connectivity index (χ0n) is 14.0. The summed E-state index contributed by atoms with van der Waals surface area (Å²) < 4.78 is 0. The molecule has 0 aromatic carbocycles. The van der Waals surface area contributed by atoms with Crippen LogP contribution >= 0.6 is 22.7 Å². The van der Waals surface area contributed by atoms with Crippen LogP contribution in [-0.4, -0.2) is 33.0 Å². The molecule has 0 radical (unpaired) electrons. The van der Waals surface area contributed by atoms with E-state index in [-0.39, 0.29) is 17.9 Å². The second kappa shape index (κ2) is 7.00. The molecular formula is C17H17N5O2S2. The van der Waals surface area contributed by atoms with Crippen LogP contribution in [0.4, 0.5) is 5.95 Å². The Kier molecular flexibility index (Phi) is 4.56. The number of H-pyrrole nitrogens is 1. The van der Waals surface area contributed by atoms with Crippen LogP contribution in [0, 0.1) is 12.8 Å². The molecule has 3 aromatic rings. The van der Waals surface area contributed by atoms with Gasteiger partial charge in [0.1, 0.15) is 6.33 Å². The highest BCUT2D eigenvalue weighted by atomic mass is 32.1. The van der Waals surface area contributed by atoms with Gasteiger partial charge in [0, 0.05) is 15.8 Å². The Morgan fingerprint density at radius 2 is 2.00 bits per heavy atom. The fourth-order valence-electron chi connectivity index (χ4n) is 2.75. The fourth-order valence-corrected chi connectivity index (χ4v) is 4.52. The Hall–Kier alpha value is -2.52. The first-order valence-corrected chi connectivity index (χ1v) is 9.84. The van der Waals surface area contributed by atoms with Gasteiger partial charge in [-0.05, 0) is 49.9 Å². The highest BCUT2D eigenvalue weighted by Gasteiger charge is 2.38. The minimum absolute atomic E-state index is 0.00824. The third kappa shape index (κ3) is 3.83. The van der Waals surface area contributed by atoms with E-state index in [0.29, 0.717) is 16.7 Å². The molecule has 1 aliphatic carbocycles. The molecule has 9 heteroatoms. The van der Waals surface area contributed by atoms with Crippen molar-refractivity contribution in [2.45, 2.75) is 25.8 Å². The highest BCUT2D eigenvalue weighted by molar-refractivity contribution is 7.14. The highest BCUT2D eigenvalue weighted by Crippen LogP contribution is 2.36. The number of nitrogens with one attached hydrogen (secondary N) is 3. The van der Waals surface area contributed by atoms with E-state index in [1.54, 1.807) is 0 Å². The lowest BCUT2D eigenvalue weighted by molar-refractivity contribution is 0.0952. The predicted octanol–water partition coefficient (Wildman–Crippen LogP) is 2.85. The second-order valence-corrected chi connectivity index (χ2v) is 8.70. The van der Waals surface area contributed by atoms with E-state index in [1.165, 1.54) is 29.0 Å². The third-order valence-electron chi connectivity index (χ3n) is 4.20. The number of anilines is 1. The molecule has 0 bridgehead atoms. The van der Waals surface area contributed by atoms with Crippen molar-refractivity contribution in [3.8, 4) is 0 Å². The molecule has 3 aromatic heterocycles. The summed E-state index contributed by atoms with van der Waals surface area (Å²) in [4.78, 5) is 31.9. The molecule has 3 N–H and O–H groups in total. The Balaban J connectivity index is 1.28. The first-order valence-electron chi connectivity index (χ1n) is 8.21. The summed E-state index contributed by atoms with van der Waals surface area (Å²) in [6.45, 7) is 1.99. The van der Waals surface area contributed by atoms with Crippen molar-refractivity contribution in [3.63, 3.8) is 0 Å². The van der Waals surface area contributed by atoms with Gasteiger partial charge in [-0.2, -0.15) is 10.1 Å². The normalized spacial score (nSPS) is 18.5. The molecule has 3 heterocycles. The maximum Gasteiger partial charge on any atom is 0.268 e. The molecule has 1 fully saturated rings. The zero-order chi connectivity index (χ0) is 18.1. The number of carbonyl (C=O) groups excluding carboxylic acids is 2. The number of carbonyl (C=O) groups is 2. The summed E-state index contributed by atoms with van der Waals surface area (Å²) in [6.07, 6.45) is 3.19. The van der Waals surface area contributed by atoms with E-state index in [0.717, 1.165) is 27.5 Å². The van der Waals surface area contributed by atoms with E-state index >= 15 is 0 Å². The van der Waals surface area contributed by atoms with E-state index in [1.807, 2.05) is 31.2 Å². The largest absolute Gasteiger partial charge is 0.348 e. The third-order valence-corrected chi connectivity index (χ3v) is 6.30. The van der Waals surface area contributed by atoms with Crippen molar-refractivity contribution in [3.05, 3.63) is 50.1 Å². The van der Waals surface area contributed by atoms with Crippen LogP contribution < -0.4 is 10.6 Å². The first-order chi connectivity index (χ1) is 12.6. The van der Waals surface area contributed by atoms with Gasteiger partial charge in [0.2, 0.25) is 5.95 Å². The number of amides is 2. The molecule has 0 saturated heterocycles. The summed E-state index contributed by atoms with van der Waals surface area (Å²) in [6, 6.07) is 7.83. The minimum Gasteiger partial charge on any atom is -0.348 e. The Labute approximate surface area is 157 Å². The van der Waals surface area contributed by atoms with E-state index in [2.05, 4.69) is 25.8 Å². The Bertz CT molecular complexity index is 931. The summed E-state index contributed by atoms with van der Waals surface area (Å²) in [5.41, 5.74) is 0. The summed E-state index contributed by atoms with van der Waals surface area (Å²) in [5.74, 6) is 0.572. The molecule has 2 atom stereocenters. The van der Waals surface area contributed by atoms with Gasteiger partial charge < -0.3 is 5.32 Å². The maximum atomic E-state index is 12.2. The number of hydrogen-bond donors (Lipinski definition) is 3. The molecule has 4 rings (SSSR count). The number of aryl methyl sites for hydroxylation is 1. The van der Waals surface area contributed by atoms with Crippen molar-refractivity contribution >= 4 is 40.4 Å². The van der Waals surface area contributed by atoms with Crippen molar-refractivity contribution in [1.29, 1.82) is 0 Å². The Morgan fingerprint density at radius 3 is 2.73 bits per heavy atom. The van der Waals surface area contributed by atoms with Gasteiger partial charge in [0.05, 0.1) is 9.75 Å². The summed E-state index contributed by atoms with van der Waals surface area (Å²) >= 11 is 2.98. The van der Waals surface area contributed by atoms with Gasteiger partial charge in [-0.15, -0.1) is 22.7 Å². The molecule has 26 heavy (non-hydrogen) atoms. The fraction of sp³-hybridized carbons (Fsp3) is 0.294. The number of aromatic nitrogens is 3. The number of nitrogens with zero attached hydrogens (tertiary/aromatic N) is 2. The topological polar surface area (TPSA) is 99.8 Å². The molecule has 1 saturated carbocycles. The average Bonchev–Trinajstić information content (AvgIpc) is 3.08. The van der Waals surface area contributed by atoms with Gasteiger partial charge in [-0.1, -0.05) is 0 Å². The van der Waals surface area contributed by atoms with Crippen molar-refractivity contribution in [2.75, 3.05) is 5.32 Å². The van der Waals surface area contributed by atoms with E-state index in [9.17, 15) is 9.59 Å². The second-order valence-electron chi connectivity index (χ2n) is 6.24. The van der Waals surface area contributed by atoms with Crippen molar-refractivity contribution in [1.82, 2.24) is 20.5 Å². The van der Waals surface area contributed by atoms with Crippen molar-refractivity contribution < 1.29 is 9.59 Å². The van der Waals surface area contributed by atoms with Crippen LogP contribution in [0.25, 0.3) is 0 Å². The standard InChI is InChI=1S/C17H17N5O2S2/c1-9-2-4-13(25-9)15(23)20-12-7-10(12)6-11-3-5-14(26-11)16(24)21-17-18-8-19-22-17/h2-5,8,10,12H,6-7H2,1H3,(H,20,23)(H2,18,19,21,22,24). The molecule has 1 aliphatic rings. The molecule has 0 aliphatic heterocycles. The van der Waals surface area contributed by atoms with Gasteiger partial charge >= 0.3 is 0 Å². The molecule has 7 nitrogen and oxygen atoms in total. The number of rotatable bonds is 6. The van der Waals surface area contributed by atoms with Crippen LogP contribution in [-0.2, 0) is 6.42 Å². The van der Waals surface area contributed by atoms with Crippen LogP contribution in [0.1, 0.15) is 35.5 Å². The molecule has 2 amide bonds. The zero-order valence-corrected chi connectivity index (χ0v) is 15.6. The van der Waals surface area contributed by atoms with E-state index in [4.69, 9.17) is 0 Å². The lowest BCUT2D eigenvalue weighted by Gasteiger charge is -2.02. The van der Waals surface area contributed by atoms with Gasteiger partial charge in [0.25, 0.3) is 11.8 Å². The molecular weight excluding hydrogens is 370 g/mol. The van der Waals surface area contributed by atoms with E-state index < -0.39 is 0 Å². The predicted molar refractivity (Wildman–Crippen MR) is 101 cm³/mol. The van der Waals surface area contributed by atoms with Crippen LogP contribution in [0.15, 0.2) is 30.6 Å². The smallest absolute Gasteiger partial charge is 0.268 e. The maximum absolute atomic E-state index is 12.2. The molecule has 0 spiro atoms. The quantitative estimate of drug-likeness (QED) is 0.605. The lowest BCUT2D eigenvalue weighted by atomic mass is 10.2. The first kappa shape index (κ1) is 16.9. The van der Waals surface area contributed by atoms with Gasteiger partial charge in [-0.25, -0.2) is 5.10 Å². The summed E-state index contributed by atoms with van der Waals surface area (Å²) in [5, 5.41) is 12.0. The monoisotopic (exact) mass is 387 g/mol. The number of hydrogen-bond acceptors (Lipinski definition) is 6. The minimum atomic E-state index is -0.202. The van der Waals surface area contributed by atoms with Crippen LogP contribution in [0.3, 0.4) is 0 Å². The van der Waals surface area contributed by atoms with Crippen LogP contribution in [0.2, 0.25) is 0 Å². The number of aromatic amines is 1. The lowest BCUT2D eigenvalue weighted by Crippen LogP contribution is -2.26. The SMILES string of the molecule is Cc1ccc(C(=O)NC2CC2Cc2ccc(C(=O)Nc3ncn[nH]3)s2)s1. The van der Waals surface area contributed by atoms with Gasteiger partial charge in [-0.3, -0.25) is 14.9 Å². The molecule has 2 unspecified atom stereocenters. The number of thiophene rings is 2. The average molecular weight is 387 g/mol. The molecule has 134 valence electrons. The van der Waals surface area contributed by atoms with Crippen molar-refractivity contribution in [2.24, 2.45) is 5.92 Å². The Morgan fingerprint density at radius 1 is 1.19 bits per heavy atom. The van der Waals surface area contributed by atoms with Gasteiger partial charge in [0.15, 0.2) is 0 Å². The van der Waals surface area contributed by atoms with Crippen LogP contribution in [0.5, 0.6) is 0 Å².